The van der Waals surface area contributed by atoms with Crippen LogP contribution in [0.4, 0.5) is 18.0 Å². The SMILES string of the molecule is CC(C)(C)OC(=O)N1CC(=O)CCC1CC(Oc1ccc(C(F)(F)F)cc1)c1ccccc1. The normalized spacial score (nSPS) is 18.1. The van der Waals surface area contributed by atoms with Crippen LogP contribution in [0.25, 0.3) is 0 Å². The Hall–Kier alpha value is -3.03. The molecule has 178 valence electrons. The maximum absolute atomic E-state index is 12.9. The molecule has 0 aliphatic carbocycles. The fourth-order valence-electron chi connectivity index (χ4n) is 3.71. The number of ketones is 1. The molecule has 3 rings (SSSR count). The average molecular weight is 463 g/mol. The van der Waals surface area contributed by atoms with Crippen molar-refractivity contribution < 1.29 is 32.2 Å². The van der Waals surface area contributed by atoms with Crippen molar-refractivity contribution in [3.63, 3.8) is 0 Å². The largest absolute Gasteiger partial charge is 0.486 e. The molecule has 1 aliphatic rings. The topological polar surface area (TPSA) is 55.8 Å². The minimum atomic E-state index is -4.43. The van der Waals surface area contributed by atoms with Gasteiger partial charge in [0.1, 0.15) is 17.5 Å². The van der Waals surface area contributed by atoms with Gasteiger partial charge in [-0.1, -0.05) is 30.3 Å². The Labute approximate surface area is 191 Å². The number of amides is 1. The number of alkyl halides is 3. The van der Waals surface area contributed by atoms with E-state index in [-0.39, 0.29) is 24.1 Å². The Balaban J connectivity index is 1.83. The van der Waals surface area contributed by atoms with E-state index in [1.165, 1.54) is 17.0 Å². The van der Waals surface area contributed by atoms with Crippen molar-refractivity contribution in [3.8, 4) is 5.75 Å². The number of benzene rings is 2. The van der Waals surface area contributed by atoms with Gasteiger partial charge in [-0.15, -0.1) is 0 Å². The van der Waals surface area contributed by atoms with E-state index < -0.39 is 29.5 Å². The van der Waals surface area contributed by atoms with Crippen LogP contribution >= 0.6 is 0 Å². The van der Waals surface area contributed by atoms with E-state index in [1.807, 2.05) is 30.3 Å². The monoisotopic (exact) mass is 463 g/mol. The number of Topliss-reactive ketones (excluding diaryl/α,β-unsaturated/α-hetero) is 1. The van der Waals surface area contributed by atoms with Gasteiger partial charge in [-0.25, -0.2) is 4.79 Å². The zero-order valence-corrected chi connectivity index (χ0v) is 18.9. The Bertz CT molecular complexity index is 952. The number of ether oxygens (including phenoxy) is 2. The summed E-state index contributed by atoms with van der Waals surface area (Å²) in [5, 5.41) is 0. The molecule has 1 heterocycles. The van der Waals surface area contributed by atoms with Gasteiger partial charge in [-0.2, -0.15) is 13.2 Å². The van der Waals surface area contributed by atoms with Crippen LogP contribution in [0, 0.1) is 0 Å². The molecular formula is C25H28F3NO4. The number of hydrogen-bond acceptors (Lipinski definition) is 4. The second-order valence-corrected chi connectivity index (χ2v) is 9.11. The van der Waals surface area contributed by atoms with Gasteiger partial charge in [0.05, 0.1) is 12.1 Å². The molecule has 2 unspecified atom stereocenters. The Kier molecular flexibility index (Phi) is 7.34. The molecule has 1 fully saturated rings. The highest BCUT2D eigenvalue weighted by Crippen LogP contribution is 2.34. The number of nitrogens with zero attached hydrogens (tertiary/aromatic N) is 1. The lowest BCUT2D eigenvalue weighted by molar-refractivity contribution is -0.137. The maximum Gasteiger partial charge on any atom is 0.416 e. The van der Waals surface area contributed by atoms with Crippen molar-refractivity contribution in [1.82, 2.24) is 4.90 Å². The number of carbonyl (C=O) groups excluding carboxylic acids is 2. The number of halogens is 3. The summed E-state index contributed by atoms with van der Waals surface area (Å²) < 4.78 is 50.3. The number of hydrogen-bond donors (Lipinski definition) is 0. The fourth-order valence-corrected chi connectivity index (χ4v) is 3.71. The number of carbonyl (C=O) groups is 2. The molecule has 5 nitrogen and oxygen atoms in total. The van der Waals surface area contributed by atoms with Gasteiger partial charge in [0.15, 0.2) is 5.78 Å². The fraction of sp³-hybridized carbons (Fsp3) is 0.440. The van der Waals surface area contributed by atoms with Crippen molar-refractivity contribution in [3.05, 3.63) is 65.7 Å². The summed E-state index contributed by atoms with van der Waals surface area (Å²) in [5.41, 5.74) is -0.649. The van der Waals surface area contributed by atoms with Gasteiger partial charge < -0.3 is 9.47 Å². The number of rotatable bonds is 5. The number of likely N-dealkylation sites (tertiary alicyclic amines) is 1. The van der Waals surface area contributed by atoms with Crippen LogP contribution in [0.15, 0.2) is 54.6 Å². The van der Waals surface area contributed by atoms with E-state index in [1.54, 1.807) is 20.8 Å². The standard InChI is InChI=1S/C25H28F3NO4/c1-24(2,3)33-23(31)29-16-20(30)12-11-19(29)15-22(17-7-5-4-6-8-17)32-21-13-9-18(10-14-21)25(26,27)28/h4-10,13-14,19,22H,11-12,15-16H2,1-3H3. The zero-order chi connectivity index (χ0) is 24.2. The molecule has 0 aromatic heterocycles. The molecule has 0 radical (unpaired) electrons. The van der Waals surface area contributed by atoms with Crippen molar-refractivity contribution in [2.24, 2.45) is 0 Å². The smallest absolute Gasteiger partial charge is 0.416 e. The molecule has 1 saturated heterocycles. The zero-order valence-electron chi connectivity index (χ0n) is 18.9. The van der Waals surface area contributed by atoms with Gasteiger partial charge in [0.2, 0.25) is 0 Å². The first-order chi connectivity index (χ1) is 15.4. The molecule has 1 amide bonds. The lowest BCUT2D eigenvalue weighted by Crippen LogP contribution is -2.49. The summed E-state index contributed by atoms with van der Waals surface area (Å²) in [6.45, 7) is 5.23. The van der Waals surface area contributed by atoms with E-state index >= 15 is 0 Å². The quantitative estimate of drug-likeness (QED) is 0.531. The molecule has 0 saturated carbocycles. The molecule has 2 aromatic rings. The third-order valence-electron chi connectivity index (χ3n) is 5.29. The highest BCUT2D eigenvalue weighted by molar-refractivity contribution is 5.85. The molecule has 8 heteroatoms. The molecule has 33 heavy (non-hydrogen) atoms. The molecule has 2 aromatic carbocycles. The molecule has 1 aliphatic heterocycles. The van der Waals surface area contributed by atoms with Crippen LogP contribution in [-0.4, -0.2) is 35.0 Å². The predicted octanol–water partition coefficient (Wildman–Crippen LogP) is 6.18. The first-order valence-electron chi connectivity index (χ1n) is 10.8. The summed E-state index contributed by atoms with van der Waals surface area (Å²) >= 11 is 0. The first kappa shape index (κ1) is 24.6. The maximum atomic E-state index is 12.9. The summed E-state index contributed by atoms with van der Waals surface area (Å²) in [6, 6.07) is 13.5. The molecule has 0 bridgehead atoms. The van der Waals surface area contributed by atoms with E-state index in [0.29, 0.717) is 19.3 Å². The van der Waals surface area contributed by atoms with Crippen LogP contribution < -0.4 is 4.74 Å². The van der Waals surface area contributed by atoms with Crippen LogP contribution in [-0.2, 0) is 15.7 Å². The lowest BCUT2D eigenvalue weighted by atomic mass is 9.93. The Morgan fingerprint density at radius 1 is 1.06 bits per heavy atom. The number of piperidine rings is 1. The highest BCUT2D eigenvalue weighted by Gasteiger charge is 2.36. The summed E-state index contributed by atoms with van der Waals surface area (Å²) in [7, 11) is 0. The van der Waals surface area contributed by atoms with Gasteiger partial charge in [0, 0.05) is 18.9 Å². The van der Waals surface area contributed by atoms with Crippen LogP contribution in [0.3, 0.4) is 0 Å². The van der Waals surface area contributed by atoms with Crippen molar-refractivity contribution in [2.45, 2.75) is 64.0 Å². The molecule has 2 atom stereocenters. The summed E-state index contributed by atoms with van der Waals surface area (Å²) in [5.74, 6) is 0.240. The van der Waals surface area contributed by atoms with Crippen molar-refractivity contribution in [2.75, 3.05) is 6.54 Å². The molecule has 0 N–H and O–H groups in total. The molecular weight excluding hydrogens is 435 g/mol. The highest BCUT2D eigenvalue weighted by atomic mass is 19.4. The minimum absolute atomic E-state index is 0.0403. The van der Waals surface area contributed by atoms with Gasteiger partial charge >= 0.3 is 12.3 Å². The first-order valence-corrected chi connectivity index (χ1v) is 10.8. The van der Waals surface area contributed by atoms with Gasteiger partial charge in [-0.05, 0) is 57.0 Å². The Morgan fingerprint density at radius 2 is 1.70 bits per heavy atom. The predicted molar refractivity (Wildman–Crippen MR) is 117 cm³/mol. The molecule has 0 spiro atoms. The van der Waals surface area contributed by atoms with Crippen LogP contribution in [0.1, 0.15) is 57.3 Å². The van der Waals surface area contributed by atoms with E-state index in [9.17, 15) is 22.8 Å². The second-order valence-electron chi connectivity index (χ2n) is 9.11. The van der Waals surface area contributed by atoms with E-state index in [2.05, 4.69) is 0 Å². The van der Waals surface area contributed by atoms with E-state index in [0.717, 1.165) is 17.7 Å². The third kappa shape index (κ3) is 6.97. The minimum Gasteiger partial charge on any atom is -0.486 e. The van der Waals surface area contributed by atoms with Crippen molar-refractivity contribution in [1.29, 1.82) is 0 Å². The van der Waals surface area contributed by atoms with Crippen LogP contribution in [0.5, 0.6) is 5.75 Å². The van der Waals surface area contributed by atoms with Crippen molar-refractivity contribution >= 4 is 11.9 Å². The second kappa shape index (κ2) is 9.85. The summed E-state index contributed by atoms with van der Waals surface area (Å²) in [6.07, 6.45) is -4.38. The summed E-state index contributed by atoms with van der Waals surface area (Å²) in [4.78, 5) is 26.3. The lowest BCUT2D eigenvalue weighted by Gasteiger charge is -2.37. The van der Waals surface area contributed by atoms with Gasteiger partial charge in [-0.3, -0.25) is 9.69 Å². The Morgan fingerprint density at radius 3 is 2.27 bits per heavy atom. The van der Waals surface area contributed by atoms with Crippen LogP contribution in [0.2, 0.25) is 0 Å². The average Bonchev–Trinajstić information content (AvgIpc) is 2.73. The van der Waals surface area contributed by atoms with E-state index in [4.69, 9.17) is 9.47 Å². The van der Waals surface area contributed by atoms with Gasteiger partial charge in [0.25, 0.3) is 0 Å². The third-order valence-corrected chi connectivity index (χ3v) is 5.29.